The first-order valence-electron chi connectivity index (χ1n) is 7.56. The fourth-order valence-corrected chi connectivity index (χ4v) is 3.21. The first kappa shape index (κ1) is 14.1. The van der Waals surface area contributed by atoms with Crippen LogP contribution in [0.25, 0.3) is 0 Å². The average molecular weight is 286 g/mol. The number of rotatable bonds is 5. The Hall–Kier alpha value is -1.81. The molecule has 1 atom stereocenters. The second kappa shape index (κ2) is 5.53. The van der Waals surface area contributed by atoms with E-state index in [-0.39, 0.29) is 0 Å². The average Bonchev–Trinajstić information content (AvgIpc) is 3.05. The highest BCUT2D eigenvalue weighted by Crippen LogP contribution is 2.40. The number of methoxy groups -OCH3 is 1. The summed E-state index contributed by atoms with van der Waals surface area (Å²) in [5, 5.41) is 11.1. The van der Waals surface area contributed by atoms with Crippen LogP contribution in [0.3, 0.4) is 0 Å². The second-order valence-corrected chi connectivity index (χ2v) is 5.77. The summed E-state index contributed by atoms with van der Waals surface area (Å²) in [6.07, 6.45) is 7.07. The van der Waals surface area contributed by atoms with Crippen LogP contribution >= 0.6 is 0 Å². The van der Waals surface area contributed by atoms with E-state index in [9.17, 15) is 5.11 Å². The molecule has 0 radical (unpaired) electrons. The van der Waals surface area contributed by atoms with Gasteiger partial charge in [-0.1, -0.05) is 13.0 Å². The fraction of sp³-hybridized carbons (Fsp3) is 0.471. The van der Waals surface area contributed by atoms with Crippen LogP contribution in [0.5, 0.6) is 5.75 Å². The van der Waals surface area contributed by atoms with Crippen molar-refractivity contribution in [3.8, 4) is 5.75 Å². The van der Waals surface area contributed by atoms with Crippen molar-refractivity contribution in [3.05, 3.63) is 47.5 Å². The minimum absolute atomic E-state index is 0.556. The molecule has 0 amide bonds. The zero-order valence-electron chi connectivity index (χ0n) is 12.7. The van der Waals surface area contributed by atoms with E-state index < -0.39 is 5.60 Å². The van der Waals surface area contributed by atoms with Crippen LogP contribution < -0.4 is 4.74 Å². The lowest BCUT2D eigenvalue weighted by Gasteiger charge is -2.24. The predicted molar refractivity (Wildman–Crippen MR) is 81.4 cm³/mol. The number of aromatic nitrogens is 2. The summed E-state index contributed by atoms with van der Waals surface area (Å²) < 4.78 is 7.43. The SMILES string of the molecule is CCCn1ccnc1CC1(O)CCc2ccc(OC)cc21. The van der Waals surface area contributed by atoms with E-state index in [2.05, 4.69) is 22.5 Å². The van der Waals surface area contributed by atoms with Crippen molar-refractivity contribution >= 4 is 0 Å². The molecule has 1 N–H and O–H groups in total. The Bertz CT molecular complexity index is 635. The van der Waals surface area contributed by atoms with Gasteiger partial charge in [-0.25, -0.2) is 4.98 Å². The number of nitrogens with zero attached hydrogens (tertiary/aromatic N) is 2. The molecule has 112 valence electrons. The normalized spacial score (nSPS) is 20.5. The van der Waals surface area contributed by atoms with E-state index in [1.165, 1.54) is 5.56 Å². The Morgan fingerprint density at radius 2 is 2.29 bits per heavy atom. The van der Waals surface area contributed by atoms with Gasteiger partial charge in [0.15, 0.2) is 0 Å². The molecular formula is C17H22N2O2. The lowest BCUT2D eigenvalue weighted by Crippen LogP contribution is -2.27. The van der Waals surface area contributed by atoms with Gasteiger partial charge in [-0.3, -0.25) is 0 Å². The summed E-state index contributed by atoms with van der Waals surface area (Å²) in [5.74, 6) is 1.75. The Balaban J connectivity index is 1.91. The first-order valence-corrected chi connectivity index (χ1v) is 7.56. The van der Waals surface area contributed by atoms with E-state index in [1.54, 1.807) is 7.11 Å². The van der Waals surface area contributed by atoms with Gasteiger partial charge in [-0.05, 0) is 42.5 Å². The van der Waals surface area contributed by atoms with E-state index in [1.807, 2.05) is 24.5 Å². The maximum atomic E-state index is 11.1. The number of aliphatic hydroxyl groups is 1. The molecule has 1 aromatic carbocycles. The van der Waals surface area contributed by atoms with Gasteiger partial charge in [-0.15, -0.1) is 0 Å². The van der Waals surface area contributed by atoms with Crippen molar-refractivity contribution in [3.63, 3.8) is 0 Å². The van der Waals surface area contributed by atoms with E-state index >= 15 is 0 Å². The molecule has 1 aromatic heterocycles. The molecule has 0 spiro atoms. The van der Waals surface area contributed by atoms with Crippen LogP contribution in [-0.4, -0.2) is 21.8 Å². The van der Waals surface area contributed by atoms with Crippen molar-refractivity contribution in [2.24, 2.45) is 0 Å². The summed E-state index contributed by atoms with van der Waals surface area (Å²) in [5.41, 5.74) is 1.38. The molecule has 0 bridgehead atoms. The van der Waals surface area contributed by atoms with Crippen molar-refractivity contribution < 1.29 is 9.84 Å². The third-order valence-electron chi connectivity index (χ3n) is 4.34. The molecule has 0 aliphatic heterocycles. The molecule has 1 aliphatic carbocycles. The third-order valence-corrected chi connectivity index (χ3v) is 4.34. The highest BCUT2D eigenvalue weighted by molar-refractivity contribution is 5.43. The summed E-state index contributed by atoms with van der Waals surface area (Å²) in [6.45, 7) is 3.09. The van der Waals surface area contributed by atoms with Crippen LogP contribution in [-0.2, 0) is 25.0 Å². The molecule has 0 saturated carbocycles. The monoisotopic (exact) mass is 286 g/mol. The highest BCUT2D eigenvalue weighted by atomic mass is 16.5. The molecule has 4 heteroatoms. The number of fused-ring (bicyclic) bond motifs is 1. The first-order chi connectivity index (χ1) is 10.2. The molecule has 0 fully saturated rings. The van der Waals surface area contributed by atoms with Crippen LogP contribution in [0.1, 0.15) is 36.7 Å². The maximum absolute atomic E-state index is 11.1. The van der Waals surface area contributed by atoms with Gasteiger partial charge in [0, 0.05) is 25.4 Å². The number of aryl methyl sites for hydroxylation is 2. The van der Waals surface area contributed by atoms with Crippen molar-refractivity contribution in [2.75, 3.05) is 7.11 Å². The molecule has 0 saturated heterocycles. The Labute approximate surface area is 125 Å². The zero-order valence-corrected chi connectivity index (χ0v) is 12.7. The van der Waals surface area contributed by atoms with Gasteiger partial charge in [-0.2, -0.15) is 0 Å². The summed E-state index contributed by atoms with van der Waals surface area (Å²) in [6, 6.07) is 5.99. The number of hydrogen-bond donors (Lipinski definition) is 1. The summed E-state index contributed by atoms with van der Waals surface area (Å²) in [7, 11) is 1.66. The smallest absolute Gasteiger partial charge is 0.119 e. The van der Waals surface area contributed by atoms with Crippen LogP contribution in [0.15, 0.2) is 30.6 Å². The number of hydrogen-bond acceptors (Lipinski definition) is 3. The van der Waals surface area contributed by atoms with Crippen molar-refractivity contribution in [2.45, 2.75) is 44.8 Å². The number of ether oxygens (including phenoxy) is 1. The third kappa shape index (κ3) is 2.56. The lowest BCUT2D eigenvalue weighted by molar-refractivity contribution is 0.0359. The Morgan fingerprint density at radius 1 is 1.43 bits per heavy atom. The van der Waals surface area contributed by atoms with E-state index in [0.29, 0.717) is 6.42 Å². The van der Waals surface area contributed by atoms with Gasteiger partial charge in [0.2, 0.25) is 0 Å². The van der Waals surface area contributed by atoms with Gasteiger partial charge >= 0.3 is 0 Å². The molecule has 3 rings (SSSR count). The molecule has 1 aliphatic rings. The van der Waals surface area contributed by atoms with Crippen LogP contribution in [0.4, 0.5) is 0 Å². The Morgan fingerprint density at radius 3 is 3.05 bits per heavy atom. The largest absolute Gasteiger partial charge is 0.497 e. The molecular weight excluding hydrogens is 264 g/mol. The minimum Gasteiger partial charge on any atom is -0.497 e. The second-order valence-electron chi connectivity index (χ2n) is 5.77. The Kier molecular flexibility index (Phi) is 3.72. The molecule has 1 unspecified atom stereocenters. The van der Waals surface area contributed by atoms with Crippen molar-refractivity contribution in [1.29, 1.82) is 0 Å². The van der Waals surface area contributed by atoms with Crippen LogP contribution in [0, 0.1) is 0 Å². The van der Waals surface area contributed by atoms with Gasteiger partial charge in [0.25, 0.3) is 0 Å². The fourth-order valence-electron chi connectivity index (χ4n) is 3.21. The molecule has 1 heterocycles. The number of benzene rings is 1. The zero-order chi connectivity index (χ0) is 14.9. The van der Waals surface area contributed by atoms with Crippen molar-refractivity contribution in [1.82, 2.24) is 9.55 Å². The maximum Gasteiger partial charge on any atom is 0.119 e. The van der Waals surface area contributed by atoms with E-state index in [4.69, 9.17) is 4.74 Å². The quantitative estimate of drug-likeness (QED) is 0.919. The highest BCUT2D eigenvalue weighted by Gasteiger charge is 2.38. The standard InChI is InChI=1S/C17H22N2O2/c1-3-9-19-10-8-18-16(19)12-17(20)7-6-13-4-5-14(21-2)11-15(13)17/h4-5,8,10-11,20H,3,6-7,9,12H2,1-2H3. The topological polar surface area (TPSA) is 47.3 Å². The molecule has 2 aromatic rings. The van der Waals surface area contributed by atoms with Gasteiger partial charge in [0.1, 0.15) is 11.6 Å². The minimum atomic E-state index is -0.833. The molecule has 21 heavy (non-hydrogen) atoms. The van der Waals surface area contributed by atoms with E-state index in [0.717, 1.165) is 42.9 Å². The molecule has 4 nitrogen and oxygen atoms in total. The summed E-state index contributed by atoms with van der Waals surface area (Å²) >= 11 is 0. The lowest BCUT2D eigenvalue weighted by atomic mass is 9.91. The van der Waals surface area contributed by atoms with Crippen LogP contribution in [0.2, 0.25) is 0 Å². The van der Waals surface area contributed by atoms with Gasteiger partial charge in [0.05, 0.1) is 12.7 Å². The predicted octanol–water partition coefficient (Wildman–Crippen LogP) is 2.68. The van der Waals surface area contributed by atoms with Gasteiger partial charge < -0.3 is 14.4 Å². The summed E-state index contributed by atoms with van der Waals surface area (Å²) in [4.78, 5) is 4.43. The number of imidazole rings is 1.